The van der Waals surface area contributed by atoms with E-state index in [0.29, 0.717) is 12.0 Å². The van der Waals surface area contributed by atoms with Gasteiger partial charge >= 0.3 is 0 Å². The van der Waals surface area contributed by atoms with E-state index in [4.69, 9.17) is 4.74 Å². The zero-order valence-corrected chi connectivity index (χ0v) is 13.4. The summed E-state index contributed by atoms with van der Waals surface area (Å²) in [6, 6.07) is 13.4. The lowest BCUT2D eigenvalue weighted by molar-refractivity contribution is 0.363. The van der Waals surface area contributed by atoms with Gasteiger partial charge in [-0.2, -0.15) is 0 Å². The van der Waals surface area contributed by atoms with Crippen LogP contribution in [0.4, 0.5) is 10.1 Å². The van der Waals surface area contributed by atoms with Gasteiger partial charge in [0.25, 0.3) is 0 Å². The number of hydrogen-bond acceptors (Lipinski definition) is 2. The highest BCUT2D eigenvalue weighted by Crippen LogP contribution is 2.40. The van der Waals surface area contributed by atoms with Crippen molar-refractivity contribution in [3.8, 4) is 5.75 Å². The number of anilines is 1. The van der Waals surface area contributed by atoms with Gasteiger partial charge in [0, 0.05) is 17.8 Å². The molecule has 2 nitrogen and oxygen atoms in total. The minimum absolute atomic E-state index is 0.0914. The molecular weight excluding hydrogens is 333 g/mol. The fourth-order valence-corrected chi connectivity index (χ4v) is 3.19. The monoisotopic (exact) mass is 349 g/mol. The molecule has 0 atom stereocenters. The fourth-order valence-electron chi connectivity index (χ4n) is 2.78. The smallest absolute Gasteiger partial charge is 0.135 e. The zero-order valence-electron chi connectivity index (χ0n) is 11.8. The van der Waals surface area contributed by atoms with Crippen molar-refractivity contribution in [3.63, 3.8) is 0 Å². The predicted molar refractivity (Wildman–Crippen MR) is 86.5 cm³/mol. The summed E-state index contributed by atoms with van der Waals surface area (Å²) in [5.41, 5.74) is 1.87. The fraction of sp³-hybridized carbons (Fsp3) is 0.294. The molecule has 0 aliphatic heterocycles. The van der Waals surface area contributed by atoms with E-state index in [2.05, 4.69) is 21.2 Å². The van der Waals surface area contributed by atoms with Crippen molar-refractivity contribution < 1.29 is 9.13 Å². The molecule has 0 spiro atoms. The van der Waals surface area contributed by atoms with E-state index in [-0.39, 0.29) is 5.82 Å². The van der Waals surface area contributed by atoms with Gasteiger partial charge in [-0.15, -0.1) is 0 Å². The van der Waals surface area contributed by atoms with Crippen LogP contribution in [0.2, 0.25) is 0 Å². The third-order valence-corrected chi connectivity index (χ3v) is 4.66. The van der Waals surface area contributed by atoms with E-state index < -0.39 is 0 Å². The maximum atomic E-state index is 13.7. The highest BCUT2D eigenvalue weighted by molar-refractivity contribution is 9.10. The summed E-state index contributed by atoms with van der Waals surface area (Å²) >= 11 is 3.44. The van der Waals surface area contributed by atoms with Crippen LogP contribution in [-0.4, -0.2) is 13.2 Å². The summed E-state index contributed by atoms with van der Waals surface area (Å²) in [4.78, 5) is 0. The summed E-state index contributed by atoms with van der Waals surface area (Å²) in [7, 11) is 1.65. The van der Waals surface area contributed by atoms with Crippen LogP contribution in [0.5, 0.6) is 5.75 Å². The Morgan fingerprint density at radius 1 is 1.19 bits per heavy atom. The summed E-state index contributed by atoms with van der Waals surface area (Å²) in [5.74, 6) is 1.04. The van der Waals surface area contributed by atoms with Crippen molar-refractivity contribution in [1.29, 1.82) is 0 Å². The van der Waals surface area contributed by atoms with Crippen molar-refractivity contribution in [1.82, 2.24) is 0 Å². The molecule has 4 heteroatoms. The zero-order chi connectivity index (χ0) is 14.8. The number of benzene rings is 2. The highest BCUT2D eigenvalue weighted by Gasteiger charge is 2.31. The lowest BCUT2D eigenvalue weighted by Gasteiger charge is -2.37. The van der Waals surface area contributed by atoms with Crippen LogP contribution in [0.15, 0.2) is 46.9 Å². The van der Waals surface area contributed by atoms with Crippen LogP contribution in [0, 0.1) is 5.82 Å². The maximum Gasteiger partial charge on any atom is 0.135 e. The Morgan fingerprint density at radius 3 is 2.67 bits per heavy atom. The second kappa shape index (κ2) is 6.06. The minimum Gasteiger partial charge on any atom is -0.495 e. The Bertz CT molecular complexity index is 640. The molecule has 110 valence electrons. The third kappa shape index (κ3) is 3.05. The molecule has 0 saturated heterocycles. The Labute approximate surface area is 132 Å². The van der Waals surface area contributed by atoms with Gasteiger partial charge in [0.05, 0.1) is 11.6 Å². The molecule has 0 amide bonds. The molecule has 0 bridgehead atoms. The van der Waals surface area contributed by atoms with E-state index in [0.717, 1.165) is 34.3 Å². The third-order valence-electron chi connectivity index (χ3n) is 4.01. The number of methoxy groups -OCH3 is 1. The first kappa shape index (κ1) is 14.4. The second-order valence-corrected chi connectivity index (χ2v) is 6.23. The van der Waals surface area contributed by atoms with Gasteiger partial charge in [-0.05, 0) is 58.5 Å². The number of ether oxygens (including phenoxy) is 1. The Kier molecular flexibility index (Phi) is 4.15. The topological polar surface area (TPSA) is 21.3 Å². The molecule has 0 unspecified atom stereocenters. The standard InChI is InChI=1S/C17H17BrFNO/c1-21-17-10-12(6-7-15(17)18)20-13-8-11(9-13)14-4-2-3-5-16(14)19/h2-7,10-11,13,20H,8-9H2,1H3. The van der Waals surface area contributed by atoms with E-state index in [9.17, 15) is 4.39 Å². The second-order valence-electron chi connectivity index (χ2n) is 5.38. The number of halogens is 2. The molecule has 1 N–H and O–H groups in total. The van der Waals surface area contributed by atoms with E-state index in [1.54, 1.807) is 13.2 Å². The summed E-state index contributed by atoms with van der Waals surface area (Å²) in [5, 5.41) is 3.48. The summed E-state index contributed by atoms with van der Waals surface area (Å²) in [6.07, 6.45) is 1.92. The van der Waals surface area contributed by atoms with Crippen LogP contribution < -0.4 is 10.1 Å². The Morgan fingerprint density at radius 2 is 1.95 bits per heavy atom. The molecular formula is C17H17BrFNO. The summed E-state index contributed by atoms with van der Waals surface area (Å²) in [6.45, 7) is 0. The van der Waals surface area contributed by atoms with Crippen molar-refractivity contribution in [2.45, 2.75) is 24.8 Å². The van der Waals surface area contributed by atoms with Gasteiger partial charge in [0.1, 0.15) is 11.6 Å². The van der Waals surface area contributed by atoms with Gasteiger partial charge in [-0.1, -0.05) is 18.2 Å². The first-order valence-corrected chi connectivity index (χ1v) is 7.81. The molecule has 3 rings (SSSR count). The molecule has 0 aromatic heterocycles. The molecule has 2 aromatic carbocycles. The summed E-state index contributed by atoms with van der Waals surface area (Å²) < 4.78 is 19.9. The average Bonchev–Trinajstić information content (AvgIpc) is 2.45. The van der Waals surface area contributed by atoms with Crippen LogP contribution in [0.25, 0.3) is 0 Å². The normalized spacial score (nSPS) is 20.7. The maximum absolute atomic E-state index is 13.7. The molecule has 2 aromatic rings. The van der Waals surface area contributed by atoms with Crippen LogP contribution in [0.1, 0.15) is 24.3 Å². The first-order valence-electron chi connectivity index (χ1n) is 7.02. The molecule has 1 aliphatic carbocycles. The number of rotatable bonds is 4. The molecule has 1 fully saturated rings. The molecule has 1 aliphatic rings. The van der Waals surface area contributed by atoms with E-state index in [1.165, 1.54) is 6.07 Å². The molecule has 1 saturated carbocycles. The van der Waals surface area contributed by atoms with E-state index >= 15 is 0 Å². The average molecular weight is 350 g/mol. The highest BCUT2D eigenvalue weighted by atomic mass is 79.9. The van der Waals surface area contributed by atoms with Gasteiger partial charge in [0.2, 0.25) is 0 Å². The lowest BCUT2D eigenvalue weighted by Crippen LogP contribution is -2.34. The quantitative estimate of drug-likeness (QED) is 0.842. The lowest BCUT2D eigenvalue weighted by atomic mass is 9.75. The Balaban J connectivity index is 1.61. The number of hydrogen-bond donors (Lipinski definition) is 1. The van der Waals surface area contributed by atoms with Crippen LogP contribution >= 0.6 is 15.9 Å². The first-order chi connectivity index (χ1) is 10.2. The molecule has 0 radical (unpaired) electrons. The molecule has 0 heterocycles. The van der Waals surface area contributed by atoms with Crippen LogP contribution in [0.3, 0.4) is 0 Å². The minimum atomic E-state index is -0.0914. The van der Waals surface area contributed by atoms with Crippen molar-refractivity contribution in [2.75, 3.05) is 12.4 Å². The van der Waals surface area contributed by atoms with Crippen molar-refractivity contribution in [2.24, 2.45) is 0 Å². The van der Waals surface area contributed by atoms with Gasteiger partial charge in [-0.25, -0.2) is 4.39 Å². The van der Waals surface area contributed by atoms with Crippen molar-refractivity contribution >= 4 is 21.6 Å². The Hall–Kier alpha value is -1.55. The van der Waals surface area contributed by atoms with Gasteiger partial charge in [-0.3, -0.25) is 0 Å². The number of nitrogens with one attached hydrogen (secondary N) is 1. The predicted octanol–water partition coefficient (Wildman–Crippen LogP) is 4.95. The van der Waals surface area contributed by atoms with Crippen LogP contribution in [-0.2, 0) is 0 Å². The van der Waals surface area contributed by atoms with E-state index in [1.807, 2.05) is 30.3 Å². The van der Waals surface area contributed by atoms with Gasteiger partial charge < -0.3 is 10.1 Å². The SMILES string of the molecule is COc1cc(NC2CC(c3ccccc3F)C2)ccc1Br. The molecule has 21 heavy (non-hydrogen) atoms. The van der Waals surface area contributed by atoms with Gasteiger partial charge in [0.15, 0.2) is 0 Å². The van der Waals surface area contributed by atoms with Crippen molar-refractivity contribution in [3.05, 3.63) is 58.3 Å². The largest absolute Gasteiger partial charge is 0.495 e.